The lowest BCUT2D eigenvalue weighted by molar-refractivity contribution is -0.129. The third-order valence-corrected chi connectivity index (χ3v) is 3.25. The number of methoxy groups -OCH3 is 1. The van der Waals surface area contributed by atoms with Crippen LogP contribution in [0.3, 0.4) is 0 Å². The van der Waals surface area contributed by atoms with Gasteiger partial charge in [0, 0.05) is 6.08 Å². The lowest BCUT2D eigenvalue weighted by Crippen LogP contribution is -2.01. The Kier molecular flexibility index (Phi) is 4.34. The lowest BCUT2D eigenvalue weighted by atomic mass is 10.2. The minimum absolute atomic E-state index is 0.269. The fourth-order valence-corrected chi connectivity index (χ4v) is 2.12. The molecule has 2 aromatic rings. The quantitative estimate of drug-likeness (QED) is 0.639. The Bertz CT molecular complexity index is 804. The number of carbonyl (C=O) groups is 1. The topological polar surface area (TPSA) is 47.9 Å². The van der Waals surface area contributed by atoms with Crippen molar-refractivity contribution in [1.82, 2.24) is 0 Å². The molecule has 3 rings (SSSR count). The summed E-state index contributed by atoms with van der Waals surface area (Å²) < 4.78 is 10.3. The predicted octanol–water partition coefficient (Wildman–Crippen LogP) is 3.70. The van der Waals surface area contributed by atoms with Crippen LogP contribution in [0.5, 0.6) is 5.75 Å². The van der Waals surface area contributed by atoms with Crippen molar-refractivity contribution < 1.29 is 14.3 Å². The van der Waals surface area contributed by atoms with Crippen LogP contribution in [0.25, 0.3) is 12.2 Å². The highest BCUT2D eigenvalue weighted by Gasteiger charge is 2.21. The standard InChI is InChI=1S/C19H15NO3/c1-22-16-9-5-8-15(12-16)13-17-19(21)23-18(20-17)11-10-14-6-3-2-4-7-14/h2-13H,1H3/b11-10+,17-13-. The zero-order valence-corrected chi connectivity index (χ0v) is 12.6. The first kappa shape index (κ1) is 14.8. The van der Waals surface area contributed by atoms with Crippen LogP contribution in [-0.4, -0.2) is 19.0 Å². The van der Waals surface area contributed by atoms with Crippen LogP contribution in [0.2, 0.25) is 0 Å². The van der Waals surface area contributed by atoms with Gasteiger partial charge in [0.15, 0.2) is 5.70 Å². The van der Waals surface area contributed by atoms with Gasteiger partial charge in [-0.3, -0.25) is 0 Å². The molecule has 4 nitrogen and oxygen atoms in total. The number of benzene rings is 2. The molecular formula is C19H15NO3. The maximum atomic E-state index is 11.9. The van der Waals surface area contributed by atoms with Gasteiger partial charge in [0.25, 0.3) is 0 Å². The van der Waals surface area contributed by atoms with Gasteiger partial charge in [-0.2, -0.15) is 0 Å². The molecule has 4 heteroatoms. The van der Waals surface area contributed by atoms with Crippen molar-refractivity contribution in [2.24, 2.45) is 4.99 Å². The largest absolute Gasteiger partial charge is 0.497 e. The van der Waals surface area contributed by atoms with Crippen molar-refractivity contribution in [2.75, 3.05) is 7.11 Å². The summed E-state index contributed by atoms with van der Waals surface area (Å²) in [6, 6.07) is 17.1. The van der Waals surface area contributed by atoms with Gasteiger partial charge in [-0.15, -0.1) is 0 Å². The summed E-state index contributed by atoms with van der Waals surface area (Å²) in [6.07, 6.45) is 5.20. The first-order valence-corrected chi connectivity index (χ1v) is 7.14. The molecule has 0 amide bonds. The monoisotopic (exact) mass is 305 g/mol. The SMILES string of the molecule is COc1cccc(/C=C2N=C(/C=C/c3ccccc3)OC\2=O)c1. The fourth-order valence-electron chi connectivity index (χ4n) is 2.12. The second kappa shape index (κ2) is 6.75. The van der Waals surface area contributed by atoms with Crippen molar-refractivity contribution in [3.8, 4) is 5.75 Å². The van der Waals surface area contributed by atoms with Gasteiger partial charge in [-0.1, -0.05) is 42.5 Å². The second-order valence-electron chi connectivity index (χ2n) is 4.89. The van der Waals surface area contributed by atoms with Gasteiger partial charge in [0.05, 0.1) is 7.11 Å². The van der Waals surface area contributed by atoms with Crippen LogP contribution in [0, 0.1) is 0 Å². The first-order chi connectivity index (χ1) is 11.2. The number of rotatable bonds is 4. The lowest BCUT2D eigenvalue weighted by Gasteiger charge is -2.00. The fraction of sp³-hybridized carbons (Fsp3) is 0.0526. The molecule has 0 saturated carbocycles. The maximum absolute atomic E-state index is 11.9. The van der Waals surface area contributed by atoms with Crippen LogP contribution in [0.1, 0.15) is 11.1 Å². The molecule has 0 N–H and O–H groups in total. The average molecular weight is 305 g/mol. The van der Waals surface area contributed by atoms with Gasteiger partial charge < -0.3 is 9.47 Å². The Morgan fingerprint density at radius 2 is 1.78 bits per heavy atom. The van der Waals surface area contributed by atoms with E-state index < -0.39 is 5.97 Å². The smallest absolute Gasteiger partial charge is 0.363 e. The summed E-state index contributed by atoms with van der Waals surface area (Å²) in [7, 11) is 1.60. The van der Waals surface area contributed by atoms with Gasteiger partial charge >= 0.3 is 5.97 Å². The van der Waals surface area contributed by atoms with Gasteiger partial charge in [0.1, 0.15) is 5.75 Å². The molecule has 0 bridgehead atoms. The molecule has 1 aliphatic rings. The third-order valence-electron chi connectivity index (χ3n) is 3.25. The van der Waals surface area contributed by atoms with Crippen molar-refractivity contribution in [1.29, 1.82) is 0 Å². The molecule has 0 atom stereocenters. The number of hydrogen-bond donors (Lipinski definition) is 0. The Morgan fingerprint density at radius 1 is 1.00 bits per heavy atom. The van der Waals surface area contributed by atoms with Gasteiger partial charge in [-0.05, 0) is 35.4 Å². The maximum Gasteiger partial charge on any atom is 0.363 e. The number of ether oxygens (including phenoxy) is 2. The normalized spacial score (nSPS) is 15.8. The Hall–Kier alpha value is -3.14. The van der Waals surface area contributed by atoms with Gasteiger partial charge in [0.2, 0.25) is 5.90 Å². The number of aliphatic imine (C=N–C) groups is 1. The third kappa shape index (κ3) is 3.74. The molecule has 114 valence electrons. The minimum Gasteiger partial charge on any atom is -0.497 e. The van der Waals surface area contributed by atoms with E-state index in [0.717, 1.165) is 16.9 Å². The molecule has 1 aliphatic heterocycles. The molecule has 0 spiro atoms. The molecule has 0 fully saturated rings. The molecule has 0 aliphatic carbocycles. The molecule has 0 radical (unpaired) electrons. The summed E-state index contributed by atoms with van der Waals surface area (Å²) in [5.74, 6) is 0.549. The van der Waals surface area contributed by atoms with Crippen molar-refractivity contribution in [3.05, 3.63) is 77.5 Å². The molecule has 1 heterocycles. The summed E-state index contributed by atoms with van der Waals surface area (Å²) in [6.45, 7) is 0. The van der Waals surface area contributed by atoms with Crippen molar-refractivity contribution in [2.45, 2.75) is 0 Å². The molecular weight excluding hydrogens is 290 g/mol. The summed E-state index contributed by atoms with van der Waals surface area (Å²) in [4.78, 5) is 16.1. The van der Waals surface area contributed by atoms with E-state index in [1.165, 1.54) is 0 Å². The Labute approximate surface area is 134 Å². The predicted molar refractivity (Wildman–Crippen MR) is 90.0 cm³/mol. The molecule has 23 heavy (non-hydrogen) atoms. The number of esters is 1. The zero-order valence-electron chi connectivity index (χ0n) is 12.6. The van der Waals surface area contributed by atoms with E-state index in [1.807, 2.05) is 60.7 Å². The molecule has 0 aromatic heterocycles. The summed E-state index contributed by atoms with van der Waals surface area (Å²) >= 11 is 0. The van der Waals surface area contributed by atoms with E-state index in [-0.39, 0.29) is 11.6 Å². The average Bonchev–Trinajstić information content (AvgIpc) is 2.94. The van der Waals surface area contributed by atoms with E-state index in [1.54, 1.807) is 19.3 Å². The number of nitrogens with zero attached hydrogens (tertiary/aromatic N) is 1. The highest BCUT2D eigenvalue weighted by Crippen LogP contribution is 2.19. The van der Waals surface area contributed by atoms with Crippen LogP contribution in [-0.2, 0) is 9.53 Å². The van der Waals surface area contributed by atoms with E-state index >= 15 is 0 Å². The minimum atomic E-state index is -0.458. The molecule has 0 saturated heterocycles. The van der Waals surface area contributed by atoms with Crippen LogP contribution < -0.4 is 4.74 Å². The number of hydrogen-bond acceptors (Lipinski definition) is 4. The molecule has 2 aromatic carbocycles. The van der Waals surface area contributed by atoms with Crippen LogP contribution in [0.15, 0.2) is 71.4 Å². The summed E-state index contributed by atoms with van der Waals surface area (Å²) in [5, 5.41) is 0. The van der Waals surface area contributed by atoms with Crippen LogP contribution >= 0.6 is 0 Å². The first-order valence-electron chi connectivity index (χ1n) is 7.14. The summed E-state index contributed by atoms with van der Waals surface area (Å²) in [5.41, 5.74) is 2.11. The zero-order chi connectivity index (χ0) is 16.1. The van der Waals surface area contributed by atoms with E-state index in [9.17, 15) is 4.79 Å². The van der Waals surface area contributed by atoms with Crippen molar-refractivity contribution >= 4 is 24.0 Å². The van der Waals surface area contributed by atoms with E-state index in [0.29, 0.717) is 0 Å². The number of cyclic esters (lactones) is 1. The highest BCUT2D eigenvalue weighted by molar-refractivity contribution is 6.11. The van der Waals surface area contributed by atoms with E-state index in [2.05, 4.69) is 4.99 Å². The number of carbonyl (C=O) groups excluding carboxylic acids is 1. The highest BCUT2D eigenvalue weighted by atomic mass is 16.6. The van der Waals surface area contributed by atoms with Gasteiger partial charge in [-0.25, -0.2) is 9.79 Å². The van der Waals surface area contributed by atoms with Crippen molar-refractivity contribution in [3.63, 3.8) is 0 Å². The molecule has 0 unspecified atom stereocenters. The van der Waals surface area contributed by atoms with E-state index in [4.69, 9.17) is 9.47 Å². The van der Waals surface area contributed by atoms with Crippen LogP contribution in [0.4, 0.5) is 0 Å². The Balaban J connectivity index is 1.80. The Morgan fingerprint density at radius 3 is 2.57 bits per heavy atom. The second-order valence-corrected chi connectivity index (χ2v) is 4.89.